The van der Waals surface area contributed by atoms with Gasteiger partial charge in [0.25, 0.3) is 0 Å². The first kappa shape index (κ1) is 14.7. The first-order valence-electron chi connectivity index (χ1n) is 5.87. The Hall–Kier alpha value is -4.22. The van der Waals surface area contributed by atoms with Crippen molar-refractivity contribution in [1.82, 2.24) is 36.0 Å². The number of rotatable bonds is 1. The van der Waals surface area contributed by atoms with Gasteiger partial charge in [0.05, 0.1) is 0 Å². The van der Waals surface area contributed by atoms with E-state index in [0.717, 1.165) is 4.68 Å². The molecule has 0 spiro atoms. The Morgan fingerprint density at radius 1 is 1.17 bits per heavy atom. The summed E-state index contributed by atoms with van der Waals surface area (Å²) in [6.45, 7) is 0. The van der Waals surface area contributed by atoms with Crippen LogP contribution in [0.25, 0.3) is 0 Å². The van der Waals surface area contributed by atoms with Crippen LogP contribution in [0.5, 0.6) is 0 Å². The van der Waals surface area contributed by atoms with Crippen molar-refractivity contribution in [3.8, 4) is 0 Å². The highest BCUT2D eigenvalue weighted by molar-refractivity contribution is 6.10. The van der Waals surface area contributed by atoms with E-state index in [2.05, 4.69) is 61.6 Å². The average Bonchev–Trinajstić information content (AvgIpc) is 3.33. The number of nitrogen functional groups attached to an aromatic ring is 3. The van der Waals surface area contributed by atoms with E-state index in [4.69, 9.17) is 17.3 Å². The molecule has 2 aliphatic rings. The number of nitrogens with two attached hydrogens (primary N) is 3. The van der Waals surface area contributed by atoms with Gasteiger partial charge in [0.1, 0.15) is 5.70 Å². The zero-order valence-electron chi connectivity index (χ0n) is 11.5. The second kappa shape index (κ2) is 5.88. The number of tetrazole rings is 1. The highest BCUT2D eigenvalue weighted by Crippen LogP contribution is 2.25. The molecular weight excluding hydrogens is 328 g/mol. The number of hydrogen-bond acceptors (Lipinski definition) is 15. The summed E-state index contributed by atoms with van der Waals surface area (Å²) in [5.41, 5.74) is 10.3. The molecule has 2 aromatic heterocycles. The number of aromatic nitrogens is 7. The molecule has 4 heterocycles. The molecule has 0 aliphatic carbocycles. The molecular formula is C6H8N16O2. The van der Waals surface area contributed by atoms with E-state index in [1.807, 2.05) is 0 Å². The lowest BCUT2D eigenvalue weighted by Gasteiger charge is -2.19. The van der Waals surface area contributed by atoms with Crippen LogP contribution in [0.4, 0.5) is 11.9 Å². The summed E-state index contributed by atoms with van der Waals surface area (Å²) in [6, 6.07) is 0. The highest BCUT2D eigenvalue weighted by Gasteiger charge is 2.29. The van der Waals surface area contributed by atoms with Crippen LogP contribution in [-0.4, -0.2) is 41.8 Å². The minimum Gasteiger partial charge on any atom is -0.722 e. The van der Waals surface area contributed by atoms with Gasteiger partial charge in [-0.1, -0.05) is 0 Å². The lowest BCUT2D eigenvalue weighted by atomic mass is 10.2. The third-order valence-corrected chi connectivity index (χ3v) is 2.49. The van der Waals surface area contributed by atoms with E-state index >= 15 is 0 Å². The van der Waals surface area contributed by atoms with E-state index in [1.165, 1.54) is 0 Å². The van der Waals surface area contributed by atoms with Crippen LogP contribution in [0.2, 0.25) is 0 Å². The predicted molar refractivity (Wildman–Crippen MR) is 71.5 cm³/mol. The normalized spacial score (nSPS) is 15.4. The molecule has 0 saturated heterocycles. The number of hydrogen-bond donors (Lipinski definition) is 5. The molecule has 124 valence electrons. The van der Waals surface area contributed by atoms with Crippen molar-refractivity contribution in [3.05, 3.63) is 22.5 Å². The van der Waals surface area contributed by atoms with Gasteiger partial charge in [-0.3, -0.25) is 4.94 Å². The molecule has 18 heteroatoms. The summed E-state index contributed by atoms with van der Waals surface area (Å²) in [5, 5.41) is 47.1. The Bertz CT molecular complexity index is 809. The lowest BCUT2D eigenvalue weighted by Crippen LogP contribution is -2.47. The molecule has 0 saturated carbocycles. The first-order valence-corrected chi connectivity index (χ1v) is 5.87. The molecule has 0 amide bonds. The number of H-pyrrole nitrogens is 2. The molecule has 0 unspecified atom stereocenters. The van der Waals surface area contributed by atoms with Crippen LogP contribution in [0.15, 0.2) is 37.3 Å². The molecule has 0 atom stereocenters. The van der Waals surface area contributed by atoms with Gasteiger partial charge in [0.2, 0.25) is 11.6 Å². The van der Waals surface area contributed by atoms with Gasteiger partial charge in [0, 0.05) is 0 Å². The van der Waals surface area contributed by atoms with Gasteiger partial charge in [-0.2, -0.15) is 5.21 Å². The zero-order chi connectivity index (χ0) is 17.1. The Morgan fingerprint density at radius 3 is 2.42 bits per heavy atom. The van der Waals surface area contributed by atoms with Crippen molar-refractivity contribution in [2.45, 2.75) is 0 Å². The van der Waals surface area contributed by atoms with Crippen molar-refractivity contribution in [1.29, 1.82) is 0 Å². The molecule has 2 aromatic rings. The van der Waals surface area contributed by atoms with Crippen LogP contribution < -0.4 is 22.0 Å². The average molecular weight is 336 g/mol. The zero-order valence-corrected chi connectivity index (χ0v) is 11.5. The van der Waals surface area contributed by atoms with Crippen molar-refractivity contribution < 1.29 is 9.61 Å². The van der Waals surface area contributed by atoms with E-state index in [1.54, 1.807) is 0 Å². The summed E-state index contributed by atoms with van der Waals surface area (Å²) in [4.78, 5) is 4.40. The van der Waals surface area contributed by atoms with E-state index in [-0.39, 0.29) is 40.2 Å². The third-order valence-electron chi connectivity index (χ3n) is 2.49. The second-order valence-corrected chi connectivity index (χ2v) is 3.90. The van der Waals surface area contributed by atoms with Crippen molar-refractivity contribution in [2.24, 2.45) is 25.8 Å². The quantitative estimate of drug-likeness (QED) is 0.264. The van der Waals surface area contributed by atoms with Crippen LogP contribution in [0.3, 0.4) is 0 Å². The summed E-state index contributed by atoms with van der Waals surface area (Å²) < 4.78 is 1.06. The Kier molecular flexibility index (Phi) is 3.60. The largest absolute Gasteiger partial charge is 0.722 e. The Labute approximate surface area is 130 Å². The van der Waals surface area contributed by atoms with Gasteiger partial charge in [0.15, 0.2) is 5.71 Å². The van der Waals surface area contributed by atoms with Crippen molar-refractivity contribution in [3.63, 3.8) is 0 Å². The first-order chi connectivity index (χ1) is 11.6. The van der Waals surface area contributed by atoms with Crippen LogP contribution in [0, 0.1) is 5.21 Å². The smallest absolute Gasteiger partial charge is 0.367 e. The molecule has 18 nitrogen and oxygen atoms in total. The molecule has 0 bridgehead atoms. The maximum atomic E-state index is 11.3. The molecule has 0 aromatic carbocycles. The topological polar surface area (TPSA) is 262 Å². The maximum absolute atomic E-state index is 11.3. The van der Waals surface area contributed by atoms with Gasteiger partial charge in [-0.15, -0.1) is 30.2 Å². The van der Waals surface area contributed by atoms with Gasteiger partial charge < -0.3 is 22.5 Å². The third kappa shape index (κ3) is 2.61. The molecule has 0 radical (unpaired) electrons. The molecule has 8 N–H and O–H groups in total. The maximum Gasteiger partial charge on any atom is 0.367 e. The summed E-state index contributed by atoms with van der Waals surface area (Å²) in [5.74, 6) is 5.63. The Balaban J connectivity index is 0.000000179. The number of nitrogens with zero attached hydrogens (tertiary/aromatic N) is 11. The minimum atomic E-state index is -0.0774. The lowest BCUT2D eigenvalue weighted by molar-refractivity contribution is -0.608. The molecule has 0 fully saturated rings. The fraction of sp³-hybridized carbons (Fsp3) is 0. The standard InChI is InChI=1S/C4HN10O2.C2H6N6/c15-14-2(4-7-12-13-8-4)1(9-16-14)3-5-10-11-6-3;3-1-6-7-2(4)8(1)5/h(H,5,6,10,11);5H2,(H4,3,4,6,7)/q-1;/p+1. The Morgan fingerprint density at radius 2 is 1.92 bits per heavy atom. The number of nitrogens with one attached hydrogen (secondary N) is 2. The van der Waals surface area contributed by atoms with Gasteiger partial charge in [-0.25, -0.2) is 5.23 Å². The number of aromatic amines is 2. The second-order valence-electron chi connectivity index (χ2n) is 3.90. The van der Waals surface area contributed by atoms with E-state index in [9.17, 15) is 5.21 Å². The van der Waals surface area contributed by atoms with Gasteiger partial charge >= 0.3 is 11.9 Å². The van der Waals surface area contributed by atoms with Crippen molar-refractivity contribution >= 4 is 17.6 Å². The fourth-order valence-electron chi connectivity index (χ4n) is 1.43. The van der Waals surface area contributed by atoms with Crippen LogP contribution in [-0.2, 0) is 4.94 Å². The van der Waals surface area contributed by atoms with E-state index in [0.29, 0.717) is 0 Å². The number of anilines is 2. The summed E-state index contributed by atoms with van der Waals surface area (Å²) in [6.07, 6.45) is 0. The highest BCUT2D eigenvalue weighted by atomic mass is 17.0. The number of allylic oxidation sites excluding steroid dienone is 1. The van der Waals surface area contributed by atoms with Crippen molar-refractivity contribution in [2.75, 3.05) is 17.3 Å². The summed E-state index contributed by atoms with van der Waals surface area (Å²) >= 11 is 0. The SMILES string of the molecule is Nc1n[nH]c(N)[n+]1N.[O-]N1ON=C(c2nn[nH]n2)C1=C1N=NN=N1. The van der Waals surface area contributed by atoms with Crippen LogP contribution in [0.1, 0.15) is 5.82 Å². The molecule has 2 aliphatic heterocycles. The van der Waals surface area contributed by atoms with E-state index < -0.39 is 0 Å². The van der Waals surface area contributed by atoms with Crippen LogP contribution >= 0.6 is 0 Å². The number of hydroxylamine groups is 2. The van der Waals surface area contributed by atoms with Gasteiger partial charge in [-0.05, 0) is 25.9 Å². The molecule has 24 heavy (non-hydrogen) atoms. The predicted octanol–water partition coefficient (Wildman–Crippen LogP) is -2.77. The number of oxime groups is 1. The minimum absolute atomic E-state index is 0.0314. The summed E-state index contributed by atoms with van der Waals surface area (Å²) in [7, 11) is 0. The monoisotopic (exact) mass is 336 g/mol. The molecule has 4 rings (SSSR count). The fourth-order valence-corrected chi connectivity index (χ4v) is 1.43.